The molecule has 2 aromatic carbocycles. The van der Waals surface area contributed by atoms with Crippen molar-refractivity contribution in [3.63, 3.8) is 0 Å². The van der Waals surface area contributed by atoms with Crippen molar-refractivity contribution in [1.29, 1.82) is 0 Å². The number of rotatable bonds is 9. The van der Waals surface area contributed by atoms with Crippen molar-refractivity contribution in [1.82, 2.24) is 15.8 Å². The van der Waals surface area contributed by atoms with Gasteiger partial charge in [0.1, 0.15) is 24.5 Å². The second-order valence-corrected chi connectivity index (χ2v) is 9.96. The highest BCUT2D eigenvalue weighted by atomic mass is 16.6. The number of amides is 2. The highest BCUT2D eigenvalue weighted by Gasteiger charge is 2.23. The molecule has 9 nitrogen and oxygen atoms in total. The van der Waals surface area contributed by atoms with E-state index in [0.717, 1.165) is 11.1 Å². The molecule has 0 saturated carbocycles. The van der Waals surface area contributed by atoms with E-state index in [-0.39, 0.29) is 18.9 Å². The molecule has 2 aromatic heterocycles. The highest BCUT2D eigenvalue weighted by Crippen LogP contribution is 2.33. The molecule has 4 aromatic rings. The Balaban J connectivity index is 1.67. The Kier molecular flexibility index (Phi) is 9.30. The fraction of sp³-hybridized carbons (Fsp3) is 0.226. The Bertz CT molecular complexity index is 1410. The van der Waals surface area contributed by atoms with Crippen LogP contribution >= 0.6 is 0 Å². The van der Waals surface area contributed by atoms with Crippen LogP contribution in [0, 0.1) is 0 Å². The van der Waals surface area contributed by atoms with Crippen molar-refractivity contribution in [3.8, 4) is 11.5 Å². The minimum atomic E-state index is -0.788. The van der Waals surface area contributed by atoms with E-state index in [9.17, 15) is 9.59 Å². The fourth-order valence-electron chi connectivity index (χ4n) is 3.70. The number of hydrogen-bond donors (Lipinski definition) is 2. The zero-order valence-corrected chi connectivity index (χ0v) is 22.8. The standard InChI is InChI=1S/C31H32N4O5/c1-31(2,3)40-30(37)34-33-29(36)25-19-27(38-21-23-13-7-4-8-14-23)28(39-22-24-15-9-5-10-16-24)26(32-25)20-35-17-11-6-12-18-35/h4-19H,20-22H2,1-3H3,(H-,32,33,34,36,37)/p+1. The number of pyridine rings is 2. The molecule has 2 heterocycles. The maximum Gasteiger partial charge on any atom is 0.426 e. The van der Waals surface area contributed by atoms with Crippen molar-refractivity contribution in [2.24, 2.45) is 0 Å². The van der Waals surface area contributed by atoms with Gasteiger partial charge in [0.25, 0.3) is 5.91 Å². The summed E-state index contributed by atoms with van der Waals surface area (Å²) >= 11 is 0. The molecule has 0 fully saturated rings. The third kappa shape index (κ3) is 8.56. The number of benzene rings is 2. The largest absolute Gasteiger partial charge is 0.485 e. The van der Waals surface area contributed by atoms with Gasteiger partial charge in [-0.1, -0.05) is 66.7 Å². The Morgan fingerprint density at radius 1 is 0.800 bits per heavy atom. The summed E-state index contributed by atoms with van der Waals surface area (Å²) in [7, 11) is 0. The topological polar surface area (TPSA) is 103 Å². The van der Waals surface area contributed by atoms with E-state index in [0.29, 0.717) is 23.7 Å². The number of ether oxygens (including phenoxy) is 3. The Morgan fingerprint density at radius 3 is 1.98 bits per heavy atom. The van der Waals surface area contributed by atoms with Crippen LogP contribution in [0.1, 0.15) is 48.1 Å². The summed E-state index contributed by atoms with van der Waals surface area (Å²) < 4.78 is 19.6. The maximum atomic E-state index is 13.1. The Morgan fingerprint density at radius 2 is 1.38 bits per heavy atom. The molecule has 0 aliphatic heterocycles. The molecular formula is C31H33N4O5+. The van der Waals surface area contributed by atoms with Crippen molar-refractivity contribution in [2.75, 3.05) is 0 Å². The van der Waals surface area contributed by atoms with Crippen LogP contribution in [0.4, 0.5) is 4.79 Å². The zero-order valence-electron chi connectivity index (χ0n) is 22.8. The zero-order chi connectivity index (χ0) is 28.4. The van der Waals surface area contributed by atoms with E-state index >= 15 is 0 Å². The highest BCUT2D eigenvalue weighted by molar-refractivity contribution is 5.93. The monoisotopic (exact) mass is 541 g/mol. The molecule has 2 amide bonds. The number of hydrogen-bond acceptors (Lipinski definition) is 6. The van der Waals surface area contributed by atoms with Gasteiger partial charge in [-0.15, -0.1) is 0 Å². The predicted octanol–water partition coefficient (Wildman–Crippen LogP) is 4.74. The average Bonchev–Trinajstić information content (AvgIpc) is 2.95. The minimum absolute atomic E-state index is 0.0395. The number of nitrogens with zero attached hydrogens (tertiary/aromatic N) is 2. The van der Waals surface area contributed by atoms with Crippen LogP contribution in [0.3, 0.4) is 0 Å². The molecular weight excluding hydrogens is 508 g/mol. The maximum absolute atomic E-state index is 13.1. The summed E-state index contributed by atoms with van der Waals surface area (Å²) in [5.74, 6) is 0.140. The van der Waals surface area contributed by atoms with Crippen LogP contribution in [0.15, 0.2) is 97.3 Å². The Hall–Kier alpha value is -4.92. The molecule has 0 aliphatic rings. The second-order valence-electron chi connectivity index (χ2n) is 9.96. The van der Waals surface area contributed by atoms with Crippen molar-refractivity contribution in [3.05, 3.63) is 120 Å². The van der Waals surface area contributed by atoms with Crippen LogP contribution in [-0.2, 0) is 24.5 Å². The first-order valence-electron chi connectivity index (χ1n) is 12.9. The molecule has 4 rings (SSSR count). The molecule has 0 unspecified atom stereocenters. The SMILES string of the molecule is CC(C)(C)OC(=O)NNC(=O)c1cc(OCc2ccccc2)c(OCc2ccccc2)c(C[n+]2ccccc2)n1. The smallest absolute Gasteiger partial charge is 0.426 e. The van der Waals surface area contributed by atoms with Crippen LogP contribution in [0.5, 0.6) is 11.5 Å². The average molecular weight is 542 g/mol. The van der Waals surface area contributed by atoms with Gasteiger partial charge in [-0.25, -0.2) is 15.2 Å². The molecule has 0 atom stereocenters. The lowest BCUT2D eigenvalue weighted by Crippen LogP contribution is -2.44. The van der Waals surface area contributed by atoms with Crippen molar-refractivity contribution in [2.45, 2.75) is 46.1 Å². The predicted molar refractivity (Wildman–Crippen MR) is 148 cm³/mol. The summed E-state index contributed by atoms with van der Waals surface area (Å²) in [6, 6.07) is 26.7. The van der Waals surface area contributed by atoms with Crippen LogP contribution in [0.2, 0.25) is 0 Å². The lowest BCUT2D eigenvalue weighted by Gasteiger charge is -2.20. The van der Waals surface area contributed by atoms with Crippen LogP contribution in [0.25, 0.3) is 0 Å². The molecule has 2 N–H and O–H groups in total. The van der Waals surface area contributed by atoms with Crippen LogP contribution in [-0.4, -0.2) is 22.6 Å². The van der Waals surface area contributed by atoms with E-state index < -0.39 is 17.6 Å². The molecule has 0 aliphatic carbocycles. The van der Waals surface area contributed by atoms with Gasteiger partial charge in [-0.2, -0.15) is 4.57 Å². The number of hydrazine groups is 1. The lowest BCUT2D eigenvalue weighted by molar-refractivity contribution is -0.688. The first kappa shape index (κ1) is 28.1. The Labute approximate surface area is 233 Å². The van der Waals surface area contributed by atoms with E-state index in [1.54, 1.807) is 20.8 Å². The number of carbonyl (C=O) groups excluding carboxylic acids is 2. The lowest BCUT2D eigenvalue weighted by atomic mass is 10.2. The number of nitrogens with one attached hydrogen (secondary N) is 2. The number of aromatic nitrogens is 2. The second kappa shape index (κ2) is 13.2. The van der Waals surface area contributed by atoms with Crippen LogP contribution < -0.4 is 24.9 Å². The van der Waals surface area contributed by atoms with Gasteiger partial charge in [-0.3, -0.25) is 10.2 Å². The normalized spacial score (nSPS) is 10.9. The minimum Gasteiger partial charge on any atom is -0.485 e. The molecule has 206 valence electrons. The summed E-state index contributed by atoms with van der Waals surface area (Å²) in [6.45, 7) is 6.04. The molecule has 9 heteroatoms. The molecule has 0 spiro atoms. The van der Waals surface area contributed by atoms with E-state index in [1.165, 1.54) is 6.07 Å². The van der Waals surface area contributed by atoms with Crippen molar-refractivity contribution >= 4 is 12.0 Å². The third-order valence-electron chi connectivity index (χ3n) is 5.49. The molecule has 0 saturated heterocycles. The van der Waals surface area contributed by atoms with E-state index in [2.05, 4.69) is 15.8 Å². The molecule has 0 bridgehead atoms. The van der Waals surface area contributed by atoms with Gasteiger partial charge < -0.3 is 14.2 Å². The summed E-state index contributed by atoms with van der Waals surface area (Å²) in [4.78, 5) is 29.8. The van der Waals surface area contributed by atoms with Gasteiger partial charge in [0, 0.05) is 18.2 Å². The van der Waals surface area contributed by atoms with Gasteiger partial charge in [0.15, 0.2) is 36.1 Å². The molecule has 40 heavy (non-hydrogen) atoms. The quantitative estimate of drug-likeness (QED) is 0.234. The third-order valence-corrected chi connectivity index (χ3v) is 5.49. The number of carbonyl (C=O) groups is 2. The van der Waals surface area contributed by atoms with E-state index in [1.807, 2.05) is 95.8 Å². The van der Waals surface area contributed by atoms with Gasteiger partial charge in [-0.05, 0) is 31.9 Å². The summed E-state index contributed by atoms with van der Waals surface area (Å²) in [5, 5.41) is 0. The first-order valence-corrected chi connectivity index (χ1v) is 12.9. The van der Waals surface area contributed by atoms with Gasteiger partial charge in [0.05, 0.1) is 0 Å². The van der Waals surface area contributed by atoms with Crippen molar-refractivity contribution < 1.29 is 28.4 Å². The van der Waals surface area contributed by atoms with E-state index in [4.69, 9.17) is 14.2 Å². The summed E-state index contributed by atoms with van der Waals surface area (Å²) in [6.07, 6.45) is 3.00. The molecule has 0 radical (unpaired) electrons. The van der Waals surface area contributed by atoms with Gasteiger partial charge >= 0.3 is 6.09 Å². The first-order chi connectivity index (χ1) is 19.3. The fourth-order valence-corrected chi connectivity index (χ4v) is 3.70. The van der Waals surface area contributed by atoms with Gasteiger partial charge in [0.2, 0.25) is 0 Å². The summed E-state index contributed by atoms with van der Waals surface area (Å²) in [5.41, 5.74) is 6.36.